The van der Waals surface area contributed by atoms with Gasteiger partial charge < -0.3 is 0 Å². The van der Waals surface area contributed by atoms with E-state index in [1.54, 1.807) is 5.57 Å². The highest BCUT2D eigenvalue weighted by Crippen LogP contribution is 2.23. The molecule has 56 valence electrons. The smallest absolute Gasteiger partial charge is 0.0221 e. The molecule has 1 atom stereocenters. The minimum Gasteiger partial charge on any atom is -0.0808 e. The first kappa shape index (κ1) is 7.59. The summed E-state index contributed by atoms with van der Waals surface area (Å²) in [6.07, 6.45) is 7.17. The predicted molar refractivity (Wildman–Crippen MR) is 45.9 cm³/mol. The van der Waals surface area contributed by atoms with Crippen molar-refractivity contribution >= 4 is 0 Å². The van der Waals surface area contributed by atoms with Crippen molar-refractivity contribution in [2.45, 2.75) is 33.6 Å². The van der Waals surface area contributed by atoms with Gasteiger partial charge in [-0.05, 0) is 31.3 Å². The fraction of sp³-hybridized carbons (Fsp3) is 0.600. The maximum Gasteiger partial charge on any atom is -0.0221 e. The van der Waals surface area contributed by atoms with Crippen molar-refractivity contribution in [3.8, 4) is 0 Å². The van der Waals surface area contributed by atoms with Crippen LogP contribution in [0.25, 0.3) is 0 Å². The van der Waals surface area contributed by atoms with Gasteiger partial charge in [-0.25, -0.2) is 0 Å². The quantitative estimate of drug-likeness (QED) is 0.518. The zero-order chi connectivity index (χ0) is 7.56. The normalized spacial score (nSPS) is 25.7. The van der Waals surface area contributed by atoms with Crippen LogP contribution in [0.2, 0.25) is 0 Å². The SMILES string of the molecule is CCC1=CC(C)CC=C1C. The maximum atomic E-state index is 2.40. The van der Waals surface area contributed by atoms with E-state index in [0.717, 1.165) is 5.92 Å². The lowest BCUT2D eigenvalue weighted by Gasteiger charge is -2.15. The Morgan fingerprint density at radius 1 is 1.60 bits per heavy atom. The second-order valence-electron chi connectivity index (χ2n) is 3.15. The Kier molecular flexibility index (Phi) is 2.31. The van der Waals surface area contributed by atoms with Crippen LogP contribution < -0.4 is 0 Å². The molecule has 0 fully saturated rings. The van der Waals surface area contributed by atoms with Crippen LogP contribution in [-0.2, 0) is 0 Å². The van der Waals surface area contributed by atoms with Gasteiger partial charge in [0.2, 0.25) is 0 Å². The third-order valence-electron chi connectivity index (χ3n) is 2.17. The van der Waals surface area contributed by atoms with Gasteiger partial charge in [0, 0.05) is 0 Å². The van der Waals surface area contributed by atoms with Gasteiger partial charge in [0.15, 0.2) is 0 Å². The monoisotopic (exact) mass is 136 g/mol. The van der Waals surface area contributed by atoms with Gasteiger partial charge in [-0.3, -0.25) is 0 Å². The van der Waals surface area contributed by atoms with Crippen molar-refractivity contribution < 1.29 is 0 Å². The Balaban J connectivity index is 2.74. The molecule has 0 aliphatic heterocycles. The molecule has 1 aliphatic carbocycles. The first-order valence-corrected chi connectivity index (χ1v) is 4.12. The highest BCUT2D eigenvalue weighted by molar-refractivity contribution is 5.32. The standard InChI is InChI=1S/C10H16/c1-4-10-7-8(2)5-6-9(10)3/h6-8H,4-5H2,1-3H3. The van der Waals surface area contributed by atoms with E-state index in [2.05, 4.69) is 32.9 Å². The molecule has 0 saturated carbocycles. The van der Waals surface area contributed by atoms with Gasteiger partial charge in [-0.2, -0.15) is 0 Å². The Morgan fingerprint density at radius 3 is 2.80 bits per heavy atom. The van der Waals surface area contributed by atoms with E-state index in [9.17, 15) is 0 Å². The molecule has 0 radical (unpaired) electrons. The predicted octanol–water partition coefficient (Wildman–Crippen LogP) is 3.31. The summed E-state index contributed by atoms with van der Waals surface area (Å²) in [5.74, 6) is 0.763. The molecule has 1 unspecified atom stereocenters. The number of hydrogen-bond donors (Lipinski definition) is 0. The van der Waals surface area contributed by atoms with Gasteiger partial charge in [0.1, 0.15) is 0 Å². The van der Waals surface area contributed by atoms with Crippen LogP contribution >= 0.6 is 0 Å². The fourth-order valence-electron chi connectivity index (χ4n) is 1.43. The second kappa shape index (κ2) is 3.05. The van der Waals surface area contributed by atoms with Crippen molar-refractivity contribution in [2.24, 2.45) is 5.92 Å². The van der Waals surface area contributed by atoms with Crippen LogP contribution in [0.3, 0.4) is 0 Å². The zero-order valence-corrected chi connectivity index (χ0v) is 7.15. The highest BCUT2D eigenvalue weighted by atomic mass is 14.1. The van der Waals surface area contributed by atoms with Crippen LogP contribution in [0.1, 0.15) is 33.6 Å². The molecule has 10 heavy (non-hydrogen) atoms. The first-order valence-electron chi connectivity index (χ1n) is 4.12. The summed E-state index contributed by atoms with van der Waals surface area (Å²) in [4.78, 5) is 0. The third-order valence-corrected chi connectivity index (χ3v) is 2.17. The molecule has 0 aromatic heterocycles. The molecule has 0 bridgehead atoms. The molecule has 0 amide bonds. The van der Waals surface area contributed by atoms with Gasteiger partial charge in [0.05, 0.1) is 0 Å². The lowest BCUT2D eigenvalue weighted by molar-refractivity contribution is 0.715. The van der Waals surface area contributed by atoms with E-state index >= 15 is 0 Å². The number of hydrogen-bond acceptors (Lipinski definition) is 0. The zero-order valence-electron chi connectivity index (χ0n) is 7.15. The van der Waals surface area contributed by atoms with Crippen molar-refractivity contribution in [2.75, 3.05) is 0 Å². The van der Waals surface area contributed by atoms with Crippen LogP contribution in [0.15, 0.2) is 23.3 Å². The Labute approximate surface area is 63.6 Å². The summed E-state index contributed by atoms with van der Waals surface area (Å²) in [7, 11) is 0. The summed E-state index contributed by atoms with van der Waals surface area (Å²) in [6.45, 7) is 6.71. The van der Waals surface area contributed by atoms with Crippen molar-refractivity contribution in [1.29, 1.82) is 0 Å². The number of rotatable bonds is 1. The molecule has 0 aromatic carbocycles. The van der Waals surface area contributed by atoms with Gasteiger partial charge in [0.25, 0.3) is 0 Å². The summed E-state index contributed by atoms with van der Waals surface area (Å²) < 4.78 is 0. The maximum absolute atomic E-state index is 2.40. The van der Waals surface area contributed by atoms with E-state index in [1.807, 2.05) is 0 Å². The Hall–Kier alpha value is -0.520. The third kappa shape index (κ3) is 1.50. The van der Waals surface area contributed by atoms with Crippen molar-refractivity contribution in [1.82, 2.24) is 0 Å². The molecular formula is C10H16. The van der Waals surface area contributed by atoms with Crippen molar-refractivity contribution in [3.05, 3.63) is 23.3 Å². The molecule has 0 heterocycles. The van der Waals surface area contributed by atoms with Crippen LogP contribution in [0.5, 0.6) is 0 Å². The Morgan fingerprint density at radius 2 is 2.30 bits per heavy atom. The van der Waals surface area contributed by atoms with Gasteiger partial charge >= 0.3 is 0 Å². The highest BCUT2D eigenvalue weighted by Gasteiger charge is 2.06. The van der Waals surface area contributed by atoms with Crippen LogP contribution in [0.4, 0.5) is 0 Å². The minimum atomic E-state index is 0.763. The van der Waals surface area contributed by atoms with E-state index in [4.69, 9.17) is 0 Å². The average Bonchev–Trinajstić information content (AvgIpc) is 1.94. The lowest BCUT2D eigenvalue weighted by Crippen LogP contribution is -1.98. The summed E-state index contributed by atoms with van der Waals surface area (Å²) >= 11 is 0. The fourth-order valence-corrected chi connectivity index (χ4v) is 1.43. The van der Waals surface area contributed by atoms with Gasteiger partial charge in [-0.1, -0.05) is 31.6 Å². The second-order valence-corrected chi connectivity index (χ2v) is 3.15. The molecule has 0 nitrogen and oxygen atoms in total. The van der Waals surface area contributed by atoms with Crippen LogP contribution in [0, 0.1) is 5.92 Å². The van der Waals surface area contributed by atoms with Crippen molar-refractivity contribution in [3.63, 3.8) is 0 Å². The molecule has 1 aliphatic rings. The Bertz CT molecular complexity index is 172. The van der Waals surface area contributed by atoms with E-state index in [-0.39, 0.29) is 0 Å². The minimum absolute atomic E-state index is 0.763. The molecule has 0 saturated heterocycles. The largest absolute Gasteiger partial charge is 0.0808 e. The van der Waals surface area contributed by atoms with E-state index in [0.29, 0.717) is 0 Å². The average molecular weight is 136 g/mol. The van der Waals surface area contributed by atoms with E-state index in [1.165, 1.54) is 18.4 Å². The lowest BCUT2D eigenvalue weighted by atomic mass is 9.91. The molecule has 1 rings (SSSR count). The summed E-state index contributed by atoms with van der Waals surface area (Å²) in [6, 6.07) is 0. The summed E-state index contributed by atoms with van der Waals surface area (Å²) in [5.41, 5.74) is 3.03. The topological polar surface area (TPSA) is 0 Å². The molecule has 0 N–H and O–H groups in total. The van der Waals surface area contributed by atoms with Gasteiger partial charge in [-0.15, -0.1) is 0 Å². The molecule has 0 aromatic rings. The van der Waals surface area contributed by atoms with Crippen LogP contribution in [-0.4, -0.2) is 0 Å². The molecular weight excluding hydrogens is 120 g/mol. The summed E-state index contributed by atoms with van der Waals surface area (Å²) in [5, 5.41) is 0. The van der Waals surface area contributed by atoms with E-state index < -0.39 is 0 Å². The number of allylic oxidation sites excluding steroid dienone is 4. The first-order chi connectivity index (χ1) is 4.74. The molecule has 0 spiro atoms. The molecule has 0 heteroatoms.